The first-order valence-corrected chi connectivity index (χ1v) is 11.8. The zero-order valence-electron chi connectivity index (χ0n) is 18.4. The molecule has 168 valence electrons. The van der Waals surface area contributed by atoms with Crippen molar-refractivity contribution >= 4 is 11.8 Å². The molecule has 4 saturated carbocycles. The minimum absolute atomic E-state index is 0.0450. The zero-order chi connectivity index (χ0) is 22.6. The zero-order valence-corrected chi connectivity index (χ0v) is 18.4. The lowest BCUT2D eigenvalue weighted by Gasteiger charge is -2.56. The highest BCUT2D eigenvalue weighted by molar-refractivity contribution is 5.94. The number of primary amides is 1. The monoisotopic (exact) mass is 441 g/mol. The molecule has 1 heterocycles. The van der Waals surface area contributed by atoms with Crippen LogP contribution in [0.25, 0.3) is 22.5 Å². The maximum atomic E-state index is 13.0. The van der Waals surface area contributed by atoms with Gasteiger partial charge >= 0.3 is 0 Å². The van der Waals surface area contributed by atoms with Crippen molar-refractivity contribution in [3.05, 3.63) is 65.9 Å². The molecule has 0 atom stereocenters. The molecule has 4 aliphatic rings. The van der Waals surface area contributed by atoms with E-state index in [2.05, 4.69) is 10.5 Å². The first-order chi connectivity index (χ1) is 16.0. The van der Waals surface area contributed by atoms with Gasteiger partial charge in [-0.15, -0.1) is 0 Å². The Kier molecular flexibility index (Phi) is 4.64. The number of nitrogens with zero attached hydrogens (tertiary/aromatic N) is 1. The normalized spacial score (nSPS) is 27.5. The molecule has 4 fully saturated rings. The van der Waals surface area contributed by atoms with Gasteiger partial charge in [0.05, 0.1) is 0 Å². The average molecular weight is 442 g/mol. The number of nitrogens with two attached hydrogens (primary N) is 1. The number of hydrogen-bond donors (Lipinski definition) is 2. The predicted octanol–water partition coefficient (Wildman–Crippen LogP) is 4.81. The number of amides is 2. The summed E-state index contributed by atoms with van der Waals surface area (Å²) in [6.07, 6.45) is 7.35. The highest BCUT2D eigenvalue weighted by atomic mass is 16.5. The summed E-state index contributed by atoms with van der Waals surface area (Å²) in [6.45, 7) is 0. The van der Waals surface area contributed by atoms with Crippen molar-refractivity contribution in [2.24, 2.45) is 23.5 Å². The SMILES string of the molecule is NC(=O)c1ccc(-c2ccc(-c3cc(C(=O)NC45CC6CC(CC(C6)C4)C5)no3)cc2)cc1. The van der Waals surface area contributed by atoms with E-state index in [-0.39, 0.29) is 11.4 Å². The van der Waals surface area contributed by atoms with Crippen LogP contribution in [-0.4, -0.2) is 22.5 Å². The topological polar surface area (TPSA) is 98.2 Å². The molecule has 0 spiro atoms. The molecule has 4 aliphatic carbocycles. The van der Waals surface area contributed by atoms with Gasteiger partial charge in [-0.2, -0.15) is 0 Å². The van der Waals surface area contributed by atoms with Crippen molar-refractivity contribution in [1.29, 1.82) is 0 Å². The summed E-state index contributed by atoms with van der Waals surface area (Å²) in [5, 5.41) is 7.42. The van der Waals surface area contributed by atoms with Crippen LogP contribution < -0.4 is 11.1 Å². The number of aromatic nitrogens is 1. The lowest BCUT2D eigenvalue weighted by atomic mass is 9.53. The van der Waals surface area contributed by atoms with Gasteiger partial charge < -0.3 is 15.6 Å². The molecule has 4 bridgehead atoms. The fourth-order valence-corrected chi connectivity index (χ4v) is 6.74. The molecule has 0 aliphatic heterocycles. The average Bonchev–Trinajstić information content (AvgIpc) is 3.29. The molecule has 0 saturated heterocycles. The van der Waals surface area contributed by atoms with Crippen LogP contribution in [0.2, 0.25) is 0 Å². The van der Waals surface area contributed by atoms with Crippen LogP contribution in [0.15, 0.2) is 59.1 Å². The Morgan fingerprint density at radius 2 is 1.36 bits per heavy atom. The molecule has 2 aromatic carbocycles. The fraction of sp³-hybridized carbons (Fsp3) is 0.370. The third kappa shape index (κ3) is 3.73. The molecule has 3 aromatic rings. The van der Waals surface area contributed by atoms with Crippen molar-refractivity contribution in [3.8, 4) is 22.5 Å². The molecule has 3 N–H and O–H groups in total. The molecule has 7 rings (SSSR count). The second kappa shape index (κ2) is 7.58. The first-order valence-electron chi connectivity index (χ1n) is 11.8. The van der Waals surface area contributed by atoms with Crippen LogP contribution in [0.1, 0.15) is 59.4 Å². The Morgan fingerprint density at radius 3 is 1.91 bits per heavy atom. The highest BCUT2D eigenvalue weighted by Crippen LogP contribution is 2.55. The predicted molar refractivity (Wildman–Crippen MR) is 124 cm³/mol. The van der Waals surface area contributed by atoms with Crippen LogP contribution >= 0.6 is 0 Å². The van der Waals surface area contributed by atoms with Crippen molar-refractivity contribution < 1.29 is 14.1 Å². The summed E-state index contributed by atoms with van der Waals surface area (Å²) in [5.41, 5.74) is 8.94. The smallest absolute Gasteiger partial charge is 0.273 e. The molecular formula is C27H27N3O3. The van der Waals surface area contributed by atoms with Gasteiger partial charge in [-0.3, -0.25) is 9.59 Å². The maximum Gasteiger partial charge on any atom is 0.273 e. The van der Waals surface area contributed by atoms with E-state index in [9.17, 15) is 9.59 Å². The minimum Gasteiger partial charge on any atom is -0.366 e. The van der Waals surface area contributed by atoms with E-state index in [1.807, 2.05) is 36.4 Å². The summed E-state index contributed by atoms with van der Waals surface area (Å²) in [4.78, 5) is 24.3. The van der Waals surface area contributed by atoms with Crippen molar-refractivity contribution in [2.45, 2.75) is 44.1 Å². The Bertz CT molecular complexity index is 1170. The van der Waals surface area contributed by atoms with Gasteiger partial charge in [-0.25, -0.2) is 0 Å². The van der Waals surface area contributed by atoms with E-state index in [0.717, 1.165) is 53.7 Å². The van der Waals surface area contributed by atoms with Crippen molar-refractivity contribution in [3.63, 3.8) is 0 Å². The number of rotatable bonds is 5. The van der Waals surface area contributed by atoms with Crippen LogP contribution in [0.4, 0.5) is 0 Å². The van der Waals surface area contributed by atoms with Crippen LogP contribution in [-0.2, 0) is 0 Å². The number of carbonyl (C=O) groups is 2. The minimum atomic E-state index is -0.440. The third-order valence-electron chi connectivity index (χ3n) is 7.83. The van der Waals surface area contributed by atoms with Crippen molar-refractivity contribution in [1.82, 2.24) is 10.5 Å². The molecular weight excluding hydrogens is 414 g/mol. The van der Waals surface area contributed by atoms with Gasteiger partial charge in [-0.05, 0) is 79.5 Å². The Morgan fingerprint density at radius 1 is 0.848 bits per heavy atom. The van der Waals surface area contributed by atoms with Gasteiger partial charge in [-0.1, -0.05) is 41.6 Å². The fourth-order valence-electron chi connectivity index (χ4n) is 6.74. The van der Waals surface area contributed by atoms with E-state index >= 15 is 0 Å². The second-order valence-corrected chi connectivity index (χ2v) is 10.2. The first kappa shape index (κ1) is 20.2. The van der Waals surface area contributed by atoms with E-state index in [1.54, 1.807) is 18.2 Å². The molecule has 33 heavy (non-hydrogen) atoms. The highest BCUT2D eigenvalue weighted by Gasteiger charge is 2.51. The van der Waals surface area contributed by atoms with E-state index in [4.69, 9.17) is 10.3 Å². The molecule has 0 radical (unpaired) electrons. The van der Waals surface area contributed by atoms with Crippen LogP contribution in [0.5, 0.6) is 0 Å². The lowest BCUT2D eigenvalue weighted by molar-refractivity contribution is -0.0168. The molecule has 6 nitrogen and oxygen atoms in total. The number of benzene rings is 2. The largest absolute Gasteiger partial charge is 0.366 e. The lowest BCUT2D eigenvalue weighted by Crippen LogP contribution is -2.59. The Balaban J connectivity index is 1.16. The standard InChI is InChI=1S/C27H27N3O3/c28-25(31)22-7-3-20(4-8-22)19-1-5-21(6-2-19)24-12-23(30-33-24)26(32)29-27-13-16-9-17(14-27)11-18(10-16)15-27/h1-8,12,16-18H,9-11,13-15H2,(H2,28,31)(H,29,32). The number of nitrogens with one attached hydrogen (secondary N) is 1. The van der Waals surface area contributed by atoms with Gasteiger partial charge in [0.2, 0.25) is 5.91 Å². The van der Waals surface area contributed by atoms with E-state index in [0.29, 0.717) is 17.0 Å². The number of hydrogen-bond acceptors (Lipinski definition) is 4. The maximum absolute atomic E-state index is 13.0. The molecule has 0 unspecified atom stereocenters. The Labute approximate surface area is 192 Å². The van der Waals surface area contributed by atoms with Gasteiger partial charge in [0.1, 0.15) is 0 Å². The second-order valence-electron chi connectivity index (χ2n) is 10.2. The quantitative estimate of drug-likeness (QED) is 0.594. The van der Waals surface area contributed by atoms with Crippen molar-refractivity contribution in [2.75, 3.05) is 0 Å². The summed E-state index contributed by atoms with van der Waals surface area (Å²) in [5.74, 6) is 2.32. The summed E-state index contributed by atoms with van der Waals surface area (Å²) in [6, 6.07) is 16.8. The molecule has 6 heteroatoms. The summed E-state index contributed by atoms with van der Waals surface area (Å²) in [7, 11) is 0. The summed E-state index contributed by atoms with van der Waals surface area (Å²) < 4.78 is 5.52. The summed E-state index contributed by atoms with van der Waals surface area (Å²) >= 11 is 0. The van der Waals surface area contributed by atoms with E-state index < -0.39 is 5.91 Å². The van der Waals surface area contributed by atoms with E-state index in [1.165, 1.54) is 19.3 Å². The van der Waals surface area contributed by atoms with Gasteiger partial charge in [0.25, 0.3) is 5.91 Å². The Hall–Kier alpha value is -3.41. The van der Waals surface area contributed by atoms with Gasteiger partial charge in [0, 0.05) is 22.7 Å². The van der Waals surface area contributed by atoms with Crippen LogP contribution in [0, 0.1) is 17.8 Å². The third-order valence-corrected chi connectivity index (χ3v) is 7.83. The van der Waals surface area contributed by atoms with Crippen LogP contribution in [0.3, 0.4) is 0 Å². The van der Waals surface area contributed by atoms with Gasteiger partial charge in [0.15, 0.2) is 11.5 Å². The molecule has 1 aromatic heterocycles. The number of carbonyl (C=O) groups excluding carboxylic acids is 2. The molecule has 2 amide bonds.